The fourth-order valence-electron chi connectivity index (χ4n) is 3.41. The van der Waals surface area contributed by atoms with Crippen LogP contribution in [0.4, 0.5) is 0 Å². The lowest BCUT2D eigenvalue weighted by Gasteiger charge is -2.36. The zero-order chi connectivity index (χ0) is 15.3. The first-order valence-corrected chi connectivity index (χ1v) is 8.19. The van der Waals surface area contributed by atoms with E-state index in [0.29, 0.717) is 17.9 Å². The van der Waals surface area contributed by atoms with Gasteiger partial charge >= 0.3 is 0 Å². The summed E-state index contributed by atoms with van der Waals surface area (Å²) in [5.74, 6) is 2.09. The van der Waals surface area contributed by atoms with Gasteiger partial charge in [0, 0.05) is 19.6 Å². The Labute approximate surface area is 127 Å². The van der Waals surface area contributed by atoms with Gasteiger partial charge in [0.25, 0.3) is 0 Å². The van der Waals surface area contributed by atoms with E-state index in [2.05, 4.69) is 29.3 Å². The number of methoxy groups -OCH3 is 1. The van der Waals surface area contributed by atoms with Gasteiger partial charge in [0.1, 0.15) is 5.60 Å². The van der Waals surface area contributed by atoms with Gasteiger partial charge in [-0.25, -0.2) is 0 Å². The van der Waals surface area contributed by atoms with E-state index in [-0.39, 0.29) is 5.60 Å². The molecule has 2 rings (SSSR count). The minimum Gasteiger partial charge on any atom is -0.370 e. The van der Waals surface area contributed by atoms with E-state index in [0.717, 1.165) is 44.3 Å². The molecule has 1 N–H and O–H groups in total. The molecule has 21 heavy (non-hydrogen) atoms. The topological polar surface area (TPSA) is 60.2 Å². The van der Waals surface area contributed by atoms with Crippen molar-refractivity contribution in [2.75, 3.05) is 14.2 Å². The average Bonchev–Trinajstić information content (AvgIpc) is 2.95. The zero-order valence-electron chi connectivity index (χ0n) is 13.8. The van der Waals surface area contributed by atoms with Crippen molar-refractivity contribution in [3.63, 3.8) is 0 Å². The largest absolute Gasteiger partial charge is 0.370 e. The van der Waals surface area contributed by atoms with E-state index in [1.165, 1.54) is 6.42 Å². The van der Waals surface area contributed by atoms with E-state index < -0.39 is 0 Å². The Kier molecular flexibility index (Phi) is 5.76. The van der Waals surface area contributed by atoms with Gasteiger partial charge in [0.15, 0.2) is 0 Å². The third-order valence-corrected chi connectivity index (χ3v) is 4.69. The lowest BCUT2D eigenvalue weighted by Crippen LogP contribution is -2.35. The van der Waals surface area contributed by atoms with Crippen LogP contribution in [0.25, 0.3) is 0 Å². The second-order valence-electron chi connectivity index (χ2n) is 6.39. The lowest BCUT2D eigenvalue weighted by atomic mass is 9.78. The standard InChI is InChI=1S/C16H29N3O2/c1-5-7-13(17-3)10-14-18-15(19-21-14)16(20-4)9-6-8-12(2)11-16/h12-13,17H,5-11H2,1-4H3. The van der Waals surface area contributed by atoms with Crippen LogP contribution in [-0.2, 0) is 16.8 Å². The summed E-state index contributed by atoms with van der Waals surface area (Å²) >= 11 is 0. The van der Waals surface area contributed by atoms with Gasteiger partial charge in [-0.15, -0.1) is 0 Å². The highest BCUT2D eigenvalue weighted by Crippen LogP contribution is 2.41. The van der Waals surface area contributed by atoms with Crippen molar-refractivity contribution in [2.45, 2.75) is 70.4 Å². The minimum atomic E-state index is -0.348. The molecule has 0 radical (unpaired) electrons. The molecule has 0 aliphatic heterocycles. The molecule has 0 spiro atoms. The first-order valence-electron chi connectivity index (χ1n) is 8.19. The van der Waals surface area contributed by atoms with Crippen LogP contribution < -0.4 is 5.32 Å². The van der Waals surface area contributed by atoms with Crippen LogP contribution in [0.1, 0.15) is 64.1 Å². The van der Waals surface area contributed by atoms with E-state index in [9.17, 15) is 0 Å². The van der Waals surface area contributed by atoms with Crippen LogP contribution in [0.15, 0.2) is 4.52 Å². The number of nitrogens with zero attached hydrogens (tertiary/aromatic N) is 2. The molecule has 120 valence electrons. The molecule has 1 aromatic heterocycles. The smallest absolute Gasteiger partial charge is 0.228 e. The van der Waals surface area contributed by atoms with E-state index in [1.54, 1.807) is 7.11 Å². The maximum atomic E-state index is 5.83. The number of hydrogen-bond donors (Lipinski definition) is 1. The molecule has 1 fully saturated rings. The molecule has 1 heterocycles. The molecular formula is C16H29N3O2. The molecule has 0 bridgehead atoms. The second-order valence-corrected chi connectivity index (χ2v) is 6.39. The van der Waals surface area contributed by atoms with Crippen LogP contribution in [0, 0.1) is 5.92 Å². The maximum absolute atomic E-state index is 5.83. The van der Waals surface area contributed by atoms with Crippen molar-refractivity contribution < 1.29 is 9.26 Å². The lowest BCUT2D eigenvalue weighted by molar-refractivity contribution is -0.0658. The Bertz CT molecular complexity index is 435. The summed E-state index contributed by atoms with van der Waals surface area (Å²) in [4.78, 5) is 4.64. The number of likely N-dealkylation sites (N-methyl/N-ethyl adjacent to an activating group) is 1. The summed E-state index contributed by atoms with van der Waals surface area (Å²) in [6.07, 6.45) is 7.42. The van der Waals surface area contributed by atoms with E-state index in [4.69, 9.17) is 9.26 Å². The monoisotopic (exact) mass is 295 g/mol. The quantitative estimate of drug-likeness (QED) is 0.837. The highest BCUT2D eigenvalue weighted by Gasteiger charge is 2.41. The number of nitrogens with one attached hydrogen (secondary N) is 1. The average molecular weight is 295 g/mol. The Morgan fingerprint density at radius 1 is 1.52 bits per heavy atom. The summed E-state index contributed by atoms with van der Waals surface area (Å²) in [6.45, 7) is 4.46. The Morgan fingerprint density at radius 3 is 2.95 bits per heavy atom. The number of hydrogen-bond acceptors (Lipinski definition) is 5. The van der Waals surface area contributed by atoms with Crippen LogP contribution in [0.2, 0.25) is 0 Å². The molecule has 0 saturated heterocycles. The first-order chi connectivity index (χ1) is 10.1. The molecule has 5 nitrogen and oxygen atoms in total. The summed E-state index contributed by atoms with van der Waals surface area (Å²) in [6, 6.07) is 0.395. The number of aromatic nitrogens is 2. The van der Waals surface area contributed by atoms with E-state index >= 15 is 0 Å². The highest BCUT2D eigenvalue weighted by atomic mass is 16.5. The van der Waals surface area contributed by atoms with Crippen molar-refractivity contribution >= 4 is 0 Å². The molecule has 1 aliphatic carbocycles. The van der Waals surface area contributed by atoms with Gasteiger partial charge in [0.2, 0.25) is 11.7 Å². The molecule has 3 unspecified atom stereocenters. The molecule has 1 aromatic rings. The van der Waals surface area contributed by atoms with Crippen molar-refractivity contribution in [3.05, 3.63) is 11.7 Å². The van der Waals surface area contributed by atoms with Crippen molar-refractivity contribution in [3.8, 4) is 0 Å². The second kappa shape index (κ2) is 7.36. The van der Waals surface area contributed by atoms with Gasteiger partial charge < -0.3 is 14.6 Å². The summed E-state index contributed by atoms with van der Waals surface area (Å²) in [5.41, 5.74) is -0.348. The van der Waals surface area contributed by atoms with Crippen LogP contribution in [0.3, 0.4) is 0 Å². The number of ether oxygens (including phenoxy) is 1. The Hall–Kier alpha value is -0.940. The normalized spacial score (nSPS) is 27.7. The van der Waals surface area contributed by atoms with Crippen LogP contribution in [0.5, 0.6) is 0 Å². The molecule has 1 aliphatic rings. The first kappa shape index (κ1) is 16.4. The van der Waals surface area contributed by atoms with Gasteiger partial charge in [-0.1, -0.05) is 31.8 Å². The molecule has 3 atom stereocenters. The predicted molar refractivity (Wildman–Crippen MR) is 82.1 cm³/mol. The number of rotatable bonds is 7. The predicted octanol–water partition coefficient (Wildman–Crippen LogP) is 3.05. The van der Waals surface area contributed by atoms with Crippen molar-refractivity contribution in [1.82, 2.24) is 15.5 Å². The fourth-order valence-corrected chi connectivity index (χ4v) is 3.41. The van der Waals surface area contributed by atoms with E-state index in [1.807, 2.05) is 7.05 Å². The van der Waals surface area contributed by atoms with Crippen LogP contribution >= 0.6 is 0 Å². The van der Waals surface area contributed by atoms with Crippen molar-refractivity contribution in [2.24, 2.45) is 5.92 Å². The molecule has 5 heteroatoms. The van der Waals surface area contributed by atoms with Crippen molar-refractivity contribution in [1.29, 1.82) is 0 Å². The fraction of sp³-hybridized carbons (Fsp3) is 0.875. The molecular weight excluding hydrogens is 266 g/mol. The molecule has 0 aromatic carbocycles. The maximum Gasteiger partial charge on any atom is 0.228 e. The SMILES string of the molecule is CCCC(Cc1nc(C2(OC)CCCC(C)C2)no1)NC. The minimum absolute atomic E-state index is 0.348. The molecule has 0 amide bonds. The van der Waals surface area contributed by atoms with Gasteiger partial charge in [0.05, 0.1) is 0 Å². The third kappa shape index (κ3) is 3.83. The highest BCUT2D eigenvalue weighted by molar-refractivity contribution is 5.04. The summed E-state index contributed by atoms with van der Waals surface area (Å²) < 4.78 is 11.3. The van der Waals surface area contributed by atoms with Gasteiger partial charge in [-0.2, -0.15) is 4.98 Å². The Balaban J connectivity index is 2.10. The van der Waals surface area contributed by atoms with Crippen LogP contribution in [-0.4, -0.2) is 30.3 Å². The summed E-state index contributed by atoms with van der Waals surface area (Å²) in [7, 11) is 3.75. The summed E-state index contributed by atoms with van der Waals surface area (Å²) in [5, 5.41) is 7.54. The van der Waals surface area contributed by atoms with Gasteiger partial charge in [-0.3, -0.25) is 0 Å². The molecule has 1 saturated carbocycles. The Morgan fingerprint density at radius 2 is 2.33 bits per heavy atom. The third-order valence-electron chi connectivity index (χ3n) is 4.69. The van der Waals surface area contributed by atoms with Gasteiger partial charge in [-0.05, 0) is 38.6 Å². The zero-order valence-corrected chi connectivity index (χ0v) is 13.8.